The smallest absolute Gasteiger partial charge is 0.243 e. The molecule has 0 bridgehead atoms. The van der Waals surface area contributed by atoms with Crippen LogP contribution < -0.4 is 4.57 Å². The van der Waals surface area contributed by atoms with Crippen LogP contribution in [-0.2, 0) is 24.2 Å². The van der Waals surface area contributed by atoms with E-state index < -0.39 is 15.9 Å². The SMILES string of the molecule is C/C=C/CS(=O)(=O)[O-].Cn1cc[n+](C)c1. The maximum absolute atomic E-state index is 9.78. The van der Waals surface area contributed by atoms with E-state index in [-0.39, 0.29) is 0 Å². The van der Waals surface area contributed by atoms with Gasteiger partial charge in [-0.3, -0.25) is 0 Å². The second-order valence-electron chi connectivity index (χ2n) is 3.04. The minimum atomic E-state index is -4.02. The number of aryl methyl sites for hydroxylation is 2. The van der Waals surface area contributed by atoms with Crippen molar-refractivity contribution in [1.82, 2.24) is 4.57 Å². The Morgan fingerprint density at radius 1 is 1.53 bits per heavy atom. The number of aromatic nitrogens is 2. The van der Waals surface area contributed by atoms with Crippen LogP contribution >= 0.6 is 0 Å². The predicted octanol–water partition coefficient (Wildman–Crippen LogP) is -0.0427. The molecule has 1 aromatic heterocycles. The Kier molecular flexibility index (Phi) is 5.88. The number of hydrogen-bond acceptors (Lipinski definition) is 3. The van der Waals surface area contributed by atoms with Gasteiger partial charge in [0, 0.05) is 0 Å². The van der Waals surface area contributed by atoms with Crippen LogP contribution in [0.5, 0.6) is 0 Å². The second-order valence-corrected chi connectivity index (χ2v) is 4.49. The summed E-state index contributed by atoms with van der Waals surface area (Å²) in [5.41, 5.74) is 0. The molecule has 1 aromatic rings. The van der Waals surface area contributed by atoms with E-state index in [9.17, 15) is 13.0 Å². The standard InChI is InChI=1S/C5H9N2.C4H8O3S/c1-6-3-4-7(2)5-6;1-2-3-4-8(5,6)7/h3-5H,1-2H3;2-3H,4H2,1H3,(H,5,6,7)/q+1;/p-1/b;3-2+. The molecule has 0 spiro atoms. The van der Waals surface area contributed by atoms with E-state index in [1.807, 2.05) is 42.0 Å². The van der Waals surface area contributed by atoms with Crippen LogP contribution in [-0.4, -0.2) is 23.3 Å². The number of hydrogen-bond donors (Lipinski definition) is 0. The van der Waals surface area contributed by atoms with Crippen molar-refractivity contribution in [2.45, 2.75) is 6.92 Å². The van der Waals surface area contributed by atoms with Crippen molar-refractivity contribution >= 4 is 10.1 Å². The zero-order valence-electron chi connectivity index (χ0n) is 9.12. The molecule has 0 saturated carbocycles. The van der Waals surface area contributed by atoms with Crippen LogP contribution in [0.1, 0.15) is 6.92 Å². The lowest BCUT2D eigenvalue weighted by Crippen LogP contribution is -2.23. The highest BCUT2D eigenvalue weighted by atomic mass is 32.2. The minimum absolute atomic E-state index is 0.399. The molecule has 0 unspecified atom stereocenters. The first-order chi connectivity index (χ1) is 6.85. The Balaban J connectivity index is 0.000000262. The highest BCUT2D eigenvalue weighted by Crippen LogP contribution is 1.81. The quantitative estimate of drug-likeness (QED) is 0.408. The zero-order chi connectivity index (χ0) is 11.9. The van der Waals surface area contributed by atoms with Gasteiger partial charge < -0.3 is 4.55 Å². The van der Waals surface area contributed by atoms with Crippen LogP contribution in [0.15, 0.2) is 30.9 Å². The molecular weight excluding hydrogens is 216 g/mol. The maximum atomic E-state index is 9.78. The first-order valence-electron chi connectivity index (χ1n) is 4.37. The van der Waals surface area contributed by atoms with E-state index in [2.05, 4.69) is 0 Å². The fourth-order valence-corrected chi connectivity index (χ4v) is 1.22. The average molecular weight is 232 g/mol. The van der Waals surface area contributed by atoms with E-state index in [1.54, 1.807) is 6.92 Å². The van der Waals surface area contributed by atoms with Gasteiger partial charge in [-0.1, -0.05) is 12.2 Å². The fourth-order valence-electron chi connectivity index (χ4n) is 0.789. The Morgan fingerprint density at radius 3 is 2.27 bits per heavy atom. The van der Waals surface area contributed by atoms with Crippen LogP contribution in [0.2, 0.25) is 0 Å². The van der Waals surface area contributed by atoms with E-state index in [0.717, 1.165) is 0 Å². The number of nitrogens with zero attached hydrogens (tertiary/aromatic N) is 2. The van der Waals surface area contributed by atoms with Crippen LogP contribution in [0.25, 0.3) is 0 Å². The third kappa shape index (κ3) is 9.17. The van der Waals surface area contributed by atoms with E-state index in [0.29, 0.717) is 0 Å². The van der Waals surface area contributed by atoms with Gasteiger partial charge in [-0.15, -0.1) is 0 Å². The molecule has 1 heterocycles. The van der Waals surface area contributed by atoms with Gasteiger partial charge in [0.2, 0.25) is 6.33 Å². The largest absolute Gasteiger partial charge is 0.748 e. The molecule has 0 aliphatic carbocycles. The second kappa shape index (κ2) is 6.36. The third-order valence-electron chi connectivity index (χ3n) is 1.44. The molecule has 0 aliphatic rings. The molecule has 86 valence electrons. The summed E-state index contributed by atoms with van der Waals surface area (Å²) >= 11 is 0. The summed E-state index contributed by atoms with van der Waals surface area (Å²) in [7, 11) is -0.0231. The monoisotopic (exact) mass is 232 g/mol. The number of imidazole rings is 1. The summed E-state index contributed by atoms with van der Waals surface area (Å²) in [4.78, 5) is 0. The predicted molar refractivity (Wildman–Crippen MR) is 56.0 cm³/mol. The van der Waals surface area contributed by atoms with Gasteiger partial charge in [-0.05, 0) is 6.92 Å². The summed E-state index contributed by atoms with van der Waals surface area (Å²) in [5.74, 6) is -0.399. The van der Waals surface area contributed by atoms with E-state index >= 15 is 0 Å². The van der Waals surface area contributed by atoms with Crippen LogP contribution in [0, 0.1) is 0 Å². The van der Waals surface area contributed by atoms with E-state index in [4.69, 9.17) is 0 Å². The maximum Gasteiger partial charge on any atom is 0.243 e. The highest BCUT2D eigenvalue weighted by Gasteiger charge is 1.87. The molecule has 5 nitrogen and oxygen atoms in total. The molecule has 0 amide bonds. The van der Waals surface area contributed by atoms with Gasteiger partial charge in [0.25, 0.3) is 0 Å². The molecular formula is C9H16N2O3S. The van der Waals surface area contributed by atoms with Crippen molar-refractivity contribution in [2.24, 2.45) is 14.1 Å². The summed E-state index contributed by atoms with van der Waals surface area (Å²) in [6, 6.07) is 0. The fraction of sp³-hybridized carbons (Fsp3) is 0.444. The molecule has 0 atom stereocenters. The lowest BCUT2D eigenvalue weighted by molar-refractivity contribution is -0.670. The van der Waals surface area contributed by atoms with Gasteiger partial charge in [0.15, 0.2) is 0 Å². The van der Waals surface area contributed by atoms with Gasteiger partial charge in [0.1, 0.15) is 12.4 Å². The third-order valence-corrected chi connectivity index (χ3v) is 2.04. The summed E-state index contributed by atoms with van der Waals surface area (Å²) < 4.78 is 33.4. The van der Waals surface area contributed by atoms with Crippen molar-refractivity contribution in [2.75, 3.05) is 5.75 Å². The molecule has 15 heavy (non-hydrogen) atoms. The Bertz CT molecular complexity index is 390. The molecule has 0 radical (unpaired) electrons. The first kappa shape index (κ1) is 13.9. The molecule has 0 fully saturated rings. The molecule has 6 heteroatoms. The molecule has 0 aromatic carbocycles. The topological polar surface area (TPSA) is 66.0 Å². The molecule has 0 aliphatic heterocycles. The normalized spacial score (nSPS) is 11.2. The minimum Gasteiger partial charge on any atom is -0.748 e. The van der Waals surface area contributed by atoms with Crippen molar-refractivity contribution in [3.63, 3.8) is 0 Å². The average Bonchev–Trinajstić information content (AvgIpc) is 2.46. The lowest BCUT2D eigenvalue weighted by atomic mass is 10.6. The summed E-state index contributed by atoms with van der Waals surface area (Å²) in [6.07, 6.45) is 8.83. The molecule has 1 rings (SSSR count). The lowest BCUT2D eigenvalue weighted by Gasteiger charge is -1.99. The Morgan fingerprint density at radius 2 is 2.13 bits per heavy atom. The zero-order valence-corrected chi connectivity index (χ0v) is 9.94. The van der Waals surface area contributed by atoms with Crippen molar-refractivity contribution in [3.05, 3.63) is 30.9 Å². The Labute approximate surface area is 90.4 Å². The van der Waals surface area contributed by atoms with Crippen molar-refractivity contribution < 1.29 is 17.5 Å². The van der Waals surface area contributed by atoms with Gasteiger partial charge in [-0.25, -0.2) is 17.6 Å². The molecule has 0 saturated heterocycles. The first-order valence-corrected chi connectivity index (χ1v) is 5.95. The van der Waals surface area contributed by atoms with Crippen molar-refractivity contribution in [1.29, 1.82) is 0 Å². The summed E-state index contributed by atoms with van der Waals surface area (Å²) in [6.45, 7) is 1.66. The molecule has 0 N–H and O–H groups in total. The number of allylic oxidation sites excluding steroid dienone is 1. The van der Waals surface area contributed by atoms with Crippen LogP contribution in [0.3, 0.4) is 0 Å². The van der Waals surface area contributed by atoms with Crippen molar-refractivity contribution in [3.8, 4) is 0 Å². The van der Waals surface area contributed by atoms with E-state index in [1.165, 1.54) is 12.2 Å². The number of rotatable bonds is 2. The van der Waals surface area contributed by atoms with Gasteiger partial charge >= 0.3 is 0 Å². The highest BCUT2D eigenvalue weighted by molar-refractivity contribution is 7.85. The summed E-state index contributed by atoms with van der Waals surface area (Å²) in [5, 5.41) is 0. The van der Waals surface area contributed by atoms with Gasteiger partial charge in [-0.2, -0.15) is 0 Å². The van der Waals surface area contributed by atoms with Gasteiger partial charge in [0.05, 0.1) is 30.0 Å². The Hall–Kier alpha value is -1.14. The van der Waals surface area contributed by atoms with Crippen LogP contribution in [0.4, 0.5) is 0 Å².